The highest BCUT2D eigenvalue weighted by atomic mass is 16.4. The minimum absolute atomic E-state index is 0.0794. The lowest BCUT2D eigenvalue weighted by Crippen LogP contribution is -2.25. The van der Waals surface area contributed by atoms with E-state index in [1.165, 1.54) is 6.07 Å². The average Bonchev–Trinajstić information content (AvgIpc) is 3.39. The molecule has 0 radical (unpaired) electrons. The van der Waals surface area contributed by atoms with E-state index in [4.69, 9.17) is 0 Å². The molecule has 0 aliphatic heterocycles. The second-order valence-corrected chi connectivity index (χ2v) is 8.01. The summed E-state index contributed by atoms with van der Waals surface area (Å²) in [5.41, 5.74) is 4.30. The molecule has 4 rings (SSSR count). The maximum atomic E-state index is 13.0. The third-order valence-corrected chi connectivity index (χ3v) is 5.68. The first-order valence-corrected chi connectivity index (χ1v) is 11.1. The highest BCUT2D eigenvalue weighted by Gasteiger charge is 2.21. The van der Waals surface area contributed by atoms with Crippen LogP contribution in [-0.4, -0.2) is 37.6 Å². The number of aromatic amines is 1. The molecule has 1 amide bonds. The zero-order valence-electron chi connectivity index (χ0n) is 18.7. The molecule has 3 aromatic carbocycles. The first kappa shape index (κ1) is 22.8. The van der Waals surface area contributed by atoms with Crippen molar-refractivity contribution >= 4 is 17.6 Å². The maximum Gasteiger partial charge on any atom is 0.337 e. The van der Waals surface area contributed by atoms with Gasteiger partial charge in [0.2, 0.25) is 11.7 Å². The third kappa shape index (κ3) is 5.17. The van der Waals surface area contributed by atoms with Crippen LogP contribution in [0.5, 0.6) is 0 Å². The normalized spacial score (nSPS) is 11.7. The number of nitrogens with one attached hydrogen (secondary N) is 2. The Labute approximate surface area is 197 Å². The number of carboxylic acids is 1. The fourth-order valence-electron chi connectivity index (χ4n) is 4.00. The Morgan fingerprint density at radius 3 is 2.35 bits per heavy atom. The van der Waals surface area contributed by atoms with Crippen LogP contribution < -0.4 is 5.32 Å². The molecule has 172 valence electrons. The van der Waals surface area contributed by atoms with Gasteiger partial charge in [0, 0.05) is 11.5 Å². The van der Waals surface area contributed by atoms with Gasteiger partial charge in [0.25, 0.3) is 0 Å². The molecule has 1 heterocycles. The van der Waals surface area contributed by atoms with E-state index in [9.17, 15) is 14.7 Å². The summed E-state index contributed by atoms with van der Waals surface area (Å²) < 4.78 is 0. The van der Waals surface area contributed by atoms with Crippen molar-refractivity contribution in [2.75, 3.05) is 5.32 Å². The first-order chi connectivity index (χ1) is 16.6. The number of aromatic carboxylic acids is 1. The minimum Gasteiger partial charge on any atom is -0.478 e. The topological polar surface area (TPSA) is 121 Å². The molecule has 8 heteroatoms. The molecular formula is C26H25N5O3. The lowest BCUT2D eigenvalue weighted by atomic mass is 9.92. The second kappa shape index (κ2) is 10.5. The van der Waals surface area contributed by atoms with Gasteiger partial charge in [-0.05, 0) is 46.9 Å². The van der Waals surface area contributed by atoms with Gasteiger partial charge in [-0.1, -0.05) is 74.0 Å². The van der Waals surface area contributed by atoms with E-state index in [1.807, 2.05) is 55.5 Å². The number of para-hydroxylation sites is 1. The molecule has 34 heavy (non-hydrogen) atoms. The number of carbonyl (C=O) groups is 2. The SMILES string of the molecule is CCCC(Cc1ccc(-c2ccccc2-c2nn[nH]n2)cc1)C(=O)Nc1ccccc1C(=O)O. The van der Waals surface area contributed by atoms with Gasteiger partial charge in [0.15, 0.2) is 0 Å². The highest BCUT2D eigenvalue weighted by molar-refractivity contribution is 6.01. The van der Waals surface area contributed by atoms with Gasteiger partial charge in [-0.25, -0.2) is 4.79 Å². The quantitative estimate of drug-likeness (QED) is 0.332. The first-order valence-electron chi connectivity index (χ1n) is 11.1. The molecule has 0 aliphatic rings. The largest absolute Gasteiger partial charge is 0.478 e. The van der Waals surface area contributed by atoms with Crippen molar-refractivity contribution in [3.05, 3.63) is 83.9 Å². The molecule has 0 spiro atoms. The lowest BCUT2D eigenvalue weighted by molar-refractivity contribution is -0.120. The number of nitrogens with zero attached hydrogens (tertiary/aromatic N) is 3. The molecular weight excluding hydrogens is 430 g/mol. The van der Waals surface area contributed by atoms with Gasteiger partial charge < -0.3 is 10.4 Å². The van der Waals surface area contributed by atoms with E-state index in [-0.39, 0.29) is 17.4 Å². The Kier molecular flexibility index (Phi) is 7.07. The number of benzene rings is 3. The molecule has 0 saturated heterocycles. The molecule has 0 fully saturated rings. The fourth-order valence-corrected chi connectivity index (χ4v) is 4.00. The maximum absolute atomic E-state index is 13.0. The number of amides is 1. The number of carboxylic acid groups (broad SMARTS) is 1. The molecule has 0 saturated carbocycles. The van der Waals surface area contributed by atoms with Crippen LogP contribution in [0, 0.1) is 5.92 Å². The molecule has 1 unspecified atom stereocenters. The summed E-state index contributed by atoms with van der Waals surface area (Å²) in [5.74, 6) is -0.993. The van der Waals surface area contributed by atoms with Crippen molar-refractivity contribution in [1.29, 1.82) is 0 Å². The Balaban J connectivity index is 1.52. The van der Waals surface area contributed by atoms with Gasteiger partial charge in [0.1, 0.15) is 0 Å². The average molecular weight is 456 g/mol. The summed E-state index contributed by atoms with van der Waals surface area (Å²) in [7, 11) is 0. The monoisotopic (exact) mass is 455 g/mol. The van der Waals surface area contributed by atoms with E-state index in [2.05, 4.69) is 25.9 Å². The highest BCUT2D eigenvalue weighted by Crippen LogP contribution is 2.30. The summed E-state index contributed by atoms with van der Waals surface area (Å²) in [6.45, 7) is 2.03. The van der Waals surface area contributed by atoms with E-state index in [1.54, 1.807) is 18.2 Å². The van der Waals surface area contributed by atoms with Crippen molar-refractivity contribution in [3.63, 3.8) is 0 Å². The van der Waals surface area contributed by atoms with Crippen LogP contribution in [0.25, 0.3) is 22.5 Å². The molecule has 0 bridgehead atoms. The molecule has 3 N–H and O–H groups in total. The van der Waals surface area contributed by atoms with E-state index >= 15 is 0 Å². The Hall–Kier alpha value is -4.33. The van der Waals surface area contributed by atoms with Crippen LogP contribution in [0.15, 0.2) is 72.8 Å². The number of hydrogen-bond acceptors (Lipinski definition) is 5. The van der Waals surface area contributed by atoms with Gasteiger partial charge in [-0.3, -0.25) is 4.79 Å². The lowest BCUT2D eigenvalue weighted by Gasteiger charge is -2.17. The van der Waals surface area contributed by atoms with Crippen molar-refractivity contribution in [1.82, 2.24) is 20.6 Å². The Bertz CT molecular complexity index is 1270. The van der Waals surface area contributed by atoms with Crippen LogP contribution in [0.1, 0.15) is 35.7 Å². The molecule has 0 aliphatic carbocycles. The van der Waals surface area contributed by atoms with Gasteiger partial charge in [-0.2, -0.15) is 5.21 Å². The molecule has 8 nitrogen and oxygen atoms in total. The van der Waals surface area contributed by atoms with Crippen LogP contribution >= 0.6 is 0 Å². The van der Waals surface area contributed by atoms with E-state index < -0.39 is 5.97 Å². The molecule has 4 aromatic rings. The fraction of sp³-hybridized carbons (Fsp3) is 0.192. The van der Waals surface area contributed by atoms with Crippen molar-refractivity contribution in [2.45, 2.75) is 26.2 Å². The summed E-state index contributed by atoms with van der Waals surface area (Å²) in [6.07, 6.45) is 2.10. The number of tetrazole rings is 1. The minimum atomic E-state index is -1.07. The number of carbonyl (C=O) groups excluding carboxylic acids is 1. The summed E-state index contributed by atoms with van der Waals surface area (Å²) in [5, 5.41) is 26.5. The van der Waals surface area contributed by atoms with Gasteiger partial charge >= 0.3 is 5.97 Å². The number of hydrogen-bond donors (Lipinski definition) is 3. The van der Waals surface area contributed by atoms with Crippen LogP contribution in [0.2, 0.25) is 0 Å². The van der Waals surface area contributed by atoms with E-state index in [0.29, 0.717) is 24.4 Å². The van der Waals surface area contributed by atoms with Crippen LogP contribution in [0.3, 0.4) is 0 Å². The predicted octanol–water partition coefficient (Wildman–Crippen LogP) is 4.83. The van der Waals surface area contributed by atoms with Gasteiger partial charge in [-0.15, -0.1) is 10.2 Å². The summed E-state index contributed by atoms with van der Waals surface area (Å²) >= 11 is 0. The number of H-pyrrole nitrogens is 1. The molecule has 1 atom stereocenters. The zero-order valence-corrected chi connectivity index (χ0v) is 18.7. The standard InChI is InChI=1S/C26H25N5O3/c1-2-7-19(25(32)27-23-11-6-5-10-22(23)26(33)34)16-17-12-14-18(15-13-17)20-8-3-4-9-21(20)24-28-30-31-29-24/h3-6,8-15,19H,2,7,16H2,1H3,(H,27,32)(H,33,34)(H,28,29,30,31). The second-order valence-electron chi connectivity index (χ2n) is 8.01. The van der Waals surface area contributed by atoms with E-state index in [0.717, 1.165) is 28.7 Å². The van der Waals surface area contributed by atoms with Crippen molar-refractivity contribution in [2.24, 2.45) is 5.92 Å². The predicted molar refractivity (Wildman–Crippen MR) is 129 cm³/mol. The van der Waals surface area contributed by atoms with Gasteiger partial charge in [0.05, 0.1) is 11.3 Å². The summed E-state index contributed by atoms with van der Waals surface area (Å²) in [6, 6.07) is 22.4. The number of rotatable bonds is 9. The number of aromatic nitrogens is 4. The zero-order chi connectivity index (χ0) is 23.9. The smallest absolute Gasteiger partial charge is 0.337 e. The Morgan fingerprint density at radius 1 is 0.971 bits per heavy atom. The van der Waals surface area contributed by atoms with Crippen LogP contribution in [0.4, 0.5) is 5.69 Å². The summed E-state index contributed by atoms with van der Waals surface area (Å²) in [4.78, 5) is 24.5. The van der Waals surface area contributed by atoms with Crippen molar-refractivity contribution < 1.29 is 14.7 Å². The molecule has 1 aromatic heterocycles. The van der Waals surface area contributed by atoms with Crippen LogP contribution in [-0.2, 0) is 11.2 Å². The third-order valence-electron chi connectivity index (χ3n) is 5.68. The number of anilines is 1. The Morgan fingerprint density at radius 2 is 1.68 bits per heavy atom. The van der Waals surface area contributed by atoms with Crippen molar-refractivity contribution in [3.8, 4) is 22.5 Å².